The number of sulfonamides is 1. The van der Waals surface area contributed by atoms with Crippen molar-refractivity contribution < 1.29 is 21.9 Å². The molecule has 0 bridgehead atoms. The smallest absolute Gasteiger partial charge is 0.266 e. The number of hydrogen-bond acceptors (Lipinski definition) is 4. The second-order valence-corrected chi connectivity index (χ2v) is 10.2. The van der Waals surface area contributed by atoms with Gasteiger partial charge in [-0.2, -0.15) is 0 Å². The second-order valence-electron chi connectivity index (χ2n) is 8.57. The summed E-state index contributed by atoms with van der Waals surface area (Å²) in [6.07, 6.45) is 0. The van der Waals surface area contributed by atoms with E-state index in [2.05, 4.69) is 15.0 Å². The predicted octanol–water partition coefficient (Wildman–Crippen LogP) is 6.17. The van der Waals surface area contributed by atoms with Crippen LogP contribution in [0.2, 0.25) is 0 Å². The number of rotatable bonds is 6. The Balaban J connectivity index is 1.45. The number of ether oxygens (including phenoxy) is 1. The SMILES string of the molecule is CC(c1ccc(Oc2ccccc2)cc1)c1c(F)ccc2c1NC(=NCc1cccc(F)c1)NS2(=O)=O. The number of fused-ring (bicyclic) bond motifs is 1. The number of nitrogens with one attached hydrogen (secondary N) is 2. The first-order valence-corrected chi connectivity index (χ1v) is 13.0. The van der Waals surface area contributed by atoms with Gasteiger partial charge in [0.2, 0.25) is 5.96 Å². The van der Waals surface area contributed by atoms with Gasteiger partial charge < -0.3 is 10.1 Å². The number of nitrogens with zero attached hydrogens (tertiary/aromatic N) is 1. The lowest BCUT2D eigenvalue weighted by Crippen LogP contribution is -2.41. The van der Waals surface area contributed by atoms with E-state index >= 15 is 4.39 Å². The first kappa shape index (κ1) is 24.5. The summed E-state index contributed by atoms with van der Waals surface area (Å²) in [7, 11) is -4.00. The Labute approximate surface area is 213 Å². The van der Waals surface area contributed by atoms with Crippen LogP contribution in [0.25, 0.3) is 0 Å². The third-order valence-corrected chi connectivity index (χ3v) is 7.40. The van der Waals surface area contributed by atoms with Gasteiger partial charge in [0.05, 0.1) is 12.2 Å². The van der Waals surface area contributed by atoms with Gasteiger partial charge in [0, 0.05) is 11.5 Å². The Morgan fingerprint density at radius 3 is 2.35 bits per heavy atom. The molecule has 1 aliphatic heterocycles. The molecule has 0 spiro atoms. The molecule has 0 saturated carbocycles. The molecule has 0 saturated heterocycles. The lowest BCUT2D eigenvalue weighted by molar-refractivity contribution is 0.482. The average Bonchev–Trinajstić information content (AvgIpc) is 2.88. The molecule has 2 N–H and O–H groups in total. The minimum absolute atomic E-state index is 0.0288. The van der Waals surface area contributed by atoms with Crippen LogP contribution in [-0.4, -0.2) is 14.4 Å². The van der Waals surface area contributed by atoms with Gasteiger partial charge in [0.1, 0.15) is 28.0 Å². The highest BCUT2D eigenvalue weighted by atomic mass is 32.2. The summed E-state index contributed by atoms with van der Waals surface area (Å²) in [5.74, 6) is -0.218. The monoisotopic (exact) mass is 519 g/mol. The Hall–Kier alpha value is -4.24. The summed E-state index contributed by atoms with van der Waals surface area (Å²) < 4.78 is 62.8. The number of anilines is 1. The van der Waals surface area contributed by atoms with Crippen LogP contribution in [0.1, 0.15) is 29.5 Å². The van der Waals surface area contributed by atoms with Crippen molar-refractivity contribution >= 4 is 21.7 Å². The van der Waals surface area contributed by atoms with E-state index in [-0.39, 0.29) is 28.7 Å². The van der Waals surface area contributed by atoms with Gasteiger partial charge in [0.15, 0.2) is 0 Å². The first-order chi connectivity index (χ1) is 17.8. The van der Waals surface area contributed by atoms with E-state index in [0.717, 1.165) is 11.6 Å². The van der Waals surface area contributed by atoms with Crippen molar-refractivity contribution in [3.05, 3.63) is 119 Å². The van der Waals surface area contributed by atoms with Crippen LogP contribution in [0.3, 0.4) is 0 Å². The van der Waals surface area contributed by atoms with Crippen LogP contribution in [-0.2, 0) is 16.6 Å². The molecule has 6 nitrogen and oxygen atoms in total. The van der Waals surface area contributed by atoms with Crippen molar-refractivity contribution in [3.63, 3.8) is 0 Å². The van der Waals surface area contributed by atoms with Crippen LogP contribution in [0.5, 0.6) is 11.5 Å². The Morgan fingerprint density at radius 1 is 0.892 bits per heavy atom. The number of halogens is 2. The number of benzene rings is 4. The van der Waals surface area contributed by atoms with E-state index in [9.17, 15) is 12.8 Å². The molecule has 0 amide bonds. The molecule has 1 heterocycles. The number of para-hydroxylation sites is 1. The number of guanidine groups is 1. The summed E-state index contributed by atoms with van der Waals surface area (Å²) in [5, 5.41) is 2.94. The molecule has 1 atom stereocenters. The molecule has 0 aliphatic carbocycles. The summed E-state index contributed by atoms with van der Waals surface area (Å²) in [5.41, 5.74) is 1.64. The van der Waals surface area contributed by atoms with Crippen LogP contribution in [0.15, 0.2) is 101 Å². The van der Waals surface area contributed by atoms with Gasteiger partial charge in [0.25, 0.3) is 10.0 Å². The topological polar surface area (TPSA) is 79.8 Å². The van der Waals surface area contributed by atoms with E-state index in [1.807, 2.05) is 42.5 Å². The van der Waals surface area contributed by atoms with Crippen molar-refractivity contribution in [2.24, 2.45) is 4.99 Å². The zero-order valence-corrected chi connectivity index (χ0v) is 20.6. The van der Waals surface area contributed by atoms with Crippen LogP contribution >= 0.6 is 0 Å². The summed E-state index contributed by atoms with van der Waals surface area (Å²) >= 11 is 0. The quantitative estimate of drug-likeness (QED) is 0.319. The van der Waals surface area contributed by atoms with Crippen LogP contribution in [0, 0.1) is 11.6 Å². The molecular weight excluding hydrogens is 496 g/mol. The van der Waals surface area contributed by atoms with Crippen molar-refractivity contribution in [1.82, 2.24) is 4.72 Å². The van der Waals surface area contributed by atoms with Crippen LogP contribution in [0.4, 0.5) is 14.5 Å². The van der Waals surface area contributed by atoms with Gasteiger partial charge in [-0.25, -0.2) is 26.9 Å². The van der Waals surface area contributed by atoms with Gasteiger partial charge in [-0.3, -0.25) is 0 Å². The standard InChI is InChI=1S/C28H23F2N3O3S/c1-18(20-10-12-23(13-11-20)36-22-8-3-2-4-9-22)26-24(30)14-15-25-27(26)32-28(33-37(25,34)35)31-17-19-6-5-7-21(29)16-19/h2-16,18H,17H2,1H3,(H2,31,32,33). The van der Waals surface area contributed by atoms with E-state index in [1.165, 1.54) is 18.2 Å². The fourth-order valence-electron chi connectivity index (χ4n) is 4.17. The second kappa shape index (κ2) is 10.0. The van der Waals surface area contributed by atoms with Crippen molar-refractivity contribution in [2.75, 3.05) is 5.32 Å². The molecule has 9 heteroatoms. The summed E-state index contributed by atoms with van der Waals surface area (Å²) in [6.45, 7) is 1.83. The zero-order chi connectivity index (χ0) is 26.0. The molecule has 0 aromatic heterocycles. The van der Waals surface area contributed by atoms with E-state index in [0.29, 0.717) is 17.1 Å². The molecule has 37 heavy (non-hydrogen) atoms. The minimum atomic E-state index is -4.00. The Bertz CT molecular complexity index is 1570. The molecule has 1 unspecified atom stereocenters. The van der Waals surface area contributed by atoms with E-state index in [4.69, 9.17) is 4.74 Å². The fourth-order valence-corrected chi connectivity index (χ4v) is 5.33. The highest BCUT2D eigenvalue weighted by molar-refractivity contribution is 7.90. The van der Waals surface area contributed by atoms with E-state index in [1.54, 1.807) is 31.2 Å². The van der Waals surface area contributed by atoms with Crippen molar-refractivity contribution in [2.45, 2.75) is 24.3 Å². The third kappa shape index (κ3) is 5.31. The highest BCUT2D eigenvalue weighted by Crippen LogP contribution is 2.38. The van der Waals surface area contributed by atoms with Crippen LogP contribution < -0.4 is 14.8 Å². The van der Waals surface area contributed by atoms with E-state index < -0.39 is 27.6 Å². The summed E-state index contributed by atoms with van der Waals surface area (Å²) in [6, 6.07) is 24.7. The third-order valence-electron chi connectivity index (χ3n) is 6.02. The van der Waals surface area contributed by atoms with Gasteiger partial charge in [-0.1, -0.05) is 49.4 Å². The molecule has 5 rings (SSSR count). The maximum absolute atomic E-state index is 15.2. The Morgan fingerprint density at radius 2 is 1.62 bits per heavy atom. The largest absolute Gasteiger partial charge is 0.457 e. The number of hydrogen-bond donors (Lipinski definition) is 2. The molecule has 4 aromatic rings. The lowest BCUT2D eigenvalue weighted by atomic mass is 9.91. The van der Waals surface area contributed by atoms with Crippen molar-refractivity contribution in [3.8, 4) is 11.5 Å². The highest BCUT2D eigenvalue weighted by Gasteiger charge is 2.32. The molecule has 0 radical (unpaired) electrons. The van der Waals surface area contributed by atoms with Crippen molar-refractivity contribution in [1.29, 1.82) is 0 Å². The maximum Gasteiger partial charge on any atom is 0.266 e. The maximum atomic E-state index is 15.2. The first-order valence-electron chi connectivity index (χ1n) is 11.5. The molecule has 188 valence electrons. The Kier molecular flexibility index (Phi) is 6.62. The zero-order valence-electron chi connectivity index (χ0n) is 19.8. The normalized spacial score (nSPS) is 15.8. The van der Waals surface area contributed by atoms with Gasteiger partial charge in [-0.15, -0.1) is 0 Å². The number of aliphatic imine (C=N–C) groups is 1. The summed E-state index contributed by atoms with van der Waals surface area (Å²) in [4.78, 5) is 4.17. The minimum Gasteiger partial charge on any atom is -0.457 e. The average molecular weight is 520 g/mol. The van der Waals surface area contributed by atoms with Gasteiger partial charge >= 0.3 is 0 Å². The molecule has 0 fully saturated rings. The molecule has 4 aromatic carbocycles. The van der Waals surface area contributed by atoms with Gasteiger partial charge in [-0.05, 0) is 59.7 Å². The fraction of sp³-hybridized carbons (Fsp3) is 0.107. The lowest BCUT2D eigenvalue weighted by Gasteiger charge is -2.26. The predicted molar refractivity (Wildman–Crippen MR) is 138 cm³/mol. The molecular formula is C28H23F2N3O3S. The molecule has 1 aliphatic rings.